The molecule has 1 N–H and O–H groups in total. The van der Waals surface area contributed by atoms with Crippen LogP contribution >= 0.6 is 34.7 Å². The van der Waals surface area contributed by atoms with Crippen molar-refractivity contribution in [2.75, 3.05) is 7.11 Å². The fourth-order valence-electron chi connectivity index (χ4n) is 2.15. The predicted octanol–water partition coefficient (Wildman–Crippen LogP) is 4.32. The maximum Gasteiger partial charge on any atom is 0.270 e. The minimum Gasteiger partial charge on any atom is -0.497 e. The van der Waals surface area contributed by atoms with E-state index >= 15 is 0 Å². The number of aromatic nitrogens is 2. The van der Waals surface area contributed by atoms with Crippen molar-refractivity contribution in [2.24, 2.45) is 0 Å². The average Bonchev–Trinajstić information content (AvgIpc) is 3.05. The van der Waals surface area contributed by atoms with Crippen LogP contribution < -0.4 is 10.3 Å². The molecule has 2 aromatic heterocycles. The highest BCUT2D eigenvalue weighted by molar-refractivity contribution is 7.98. The van der Waals surface area contributed by atoms with Crippen molar-refractivity contribution < 1.29 is 4.74 Å². The minimum absolute atomic E-state index is 0.00585. The van der Waals surface area contributed by atoms with Crippen molar-refractivity contribution in [1.29, 1.82) is 5.26 Å². The number of halogens is 1. The van der Waals surface area contributed by atoms with Gasteiger partial charge in [0.1, 0.15) is 17.4 Å². The third kappa shape index (κ3) is 4.04. The molecule has 0 atom stereocenters. The number of rotatable bonds is 5. The molecule has 0 saturated carbocycles. The Morgan fingerprint density at radius 1 is 1.32 bits per heavy atom. The lowest BCUT2D eigenvalue weighted by Crippen LogP contribution is -2.14. The fourth-order valence-corrected chi connectivity index (χ4v) is 4.14. The molecule has 0 amide bonds. The molecular weight excluding hydrogens is 378 g/mol. The van der Waals surface area contributed by atoms with Gasteiger partial charge in [0.05, 0.1) is 17.1 Å². The van der Waals surface area contributed by atoms with Gasteiger partial charge in [-0.05, 0) is 36.4 Å². The van der Waals surface area contributed by atoms with Crippen molar-refractivity contribution >= 4 is 34.7 Å². The van der Waals surface area contributed by atoms with Crippen molar-refractivity contribution in [3.8, 4) is 23.1 Å². The fraction of sp³-hybridized carbons (Fsp3) is 0.118. The van der Waals surface area contributed by atoms with E-state index in [9.17, 15) is 10.1 Å². The van der Waals surface area contributed by atoms with Gasteiger partial charge in [-0.1, -0.05) is 23.4 Å². The molecule has 0 unspecified atom stereocenters. The number of nitrogens with one attached hydrogen (secondary N) is 1. The Morgan fingerprint density at radius 3 is 2.68 bits per heavy atom. The van der Waals surface area contributed by atoms with Crippen LogP contribution in [0, 0.1) is 11.3 Å². The number of H-pyrrole nitrogens is 1. The molecule has 0 saturated heterocycles. The zero-order valence-corrected chi connectivity index (χ0v) is 15.5. The second-order valence-electron chi connectivity index (χ2n) is 4.93. The van der Waals surface area contributed by atoms with Gasteiger partial charge in [-0.25, -0.2) is 4.98 Å². The Bertz CT molecular complexity index is 990. The molecule has 0 spiro atoms. The van der Waals surface area contributed by atoms with Gasteiger partial charge in [-0.2, -0.15) is 5.26 Å². The van der Waals surface area contributed by atoms with Crippen molar-refractivity contribution in [3.63, 3.8) is 0 Å². The zero-order chi connectivity index (χ0) is 17.8. The lowest BCUT2D eigenvalue weighted by atomic mass is 10.1. The van der Waals surface area contributed by atoms with Gasteiger partial charge < -0.3 is 9.72 Å². The summed E-state index contributed by atoms with van der Waals surface area (Å²) in [6.07, 6.45) is 0. The molecular formula is C17H12ClN3O2S2. The molecule has 0 radical (unpaired) electrons. The summed E-state index contributed by atoms with van der Waals surface area (Å²) < 4.78 is 5.85. The number of benzene rings is 1. The number of hydrogen-bond acceptors (Lipinski definition) is 6. The number of hydrogen-bond donors (Lipinski definition) is 1. The summed E-state index contributed by atoms with van der Waals surface area (Å²) in [6, 6.07) is 12.8. The number of nitriles is 1. The quantitative estimate of drug-likeness (QED) is 0.519. The molecule has 0 fully saturated rings. The van der Waals surface area contributed by atoms with Gasteiger partial charge in [0.2, 0.25) is 0 Å². The molecule has 3 rings (SSSR count). The van der Waals surface area contributed by atoms with Crippen LogP contribution in [0.4, 0.5) is 0 Å². The van der Waals surface area contributed by atoms with Gasteiger partial charge >= 0.3 is 0 Å². The third-order valence-corrected chi connectivity index (χ3v) is 5.69. The Hall–Kier alpha value is -2.27. The molecule has 25 heavy (non-hydrogen) atoms. The molecule has 8 heteroatoms. The summed E-state index contributed by atoms with van der Waals surface area (Å²) in [5, 5.41) is 9.77. The number of nitrogens with zero attached hydrogens (tertiary/aromatic N) is 2. The monoisotopic (exact) mass is 389 g/mol. The number of thiophene rings is 1. The maximum atomic E-state index is 12.2. The Balaban J connectivity index is 1.94. The molecule has 0 aliphatic carbocycles. The van der Waals surface area contributed by atoms with Crippen LogP contribution in [0.15, 0.2) is 46.3 Å². The van der Waals surface area contributed by atoms with E-state index < -0.39 is 5.56 Å². The van der Waals surface area contributed by atoms with Crippen molar-refractivity contribution in [2.45, 2.75) is 10.9 Å². The van der Waals surface area contributed by atoms with E-state index in [1.807, 2.05) is 18.2 Å². The molecule has 1 aromatic carbocycles. The first-order chi connectivity index (χ1) is 12.1. The van der Waals surface area contributed by atoms with E-state index in [1.54, 1.807) is 31.4 Å². The highest BCUT2D eigenvalue weighted by Crippen LogP contribution is 2.29. The average molecular weight is 390 g/mol. The molecule has 3 aromatic rings. The Labute approximate surface area is 157 Å². The maximum absolute atomic E-state index is 12.2. The topological polar surface area (TPSA) is 78.8 Å². The van der Waals surface area contributed by atoms with Gasteiger partial charge in [-0.15, -0.1) is 11.3 Å². The van der Waals surface area contributed by atoms with Crippen LogP contribution in [0.2, 0.25) is 4.34 Å². The summed E-state index contributed by atoms with van der Waals surface area (Å²) in [5.74, 6) is 1.32. The van der Waals surface area contributed by atoms with E-state index in [4.69, 9.17) is 16.3 Å². The molecule has 2 heterocycles. The standard InChI is InChI=1S/C17H12ClN3O2S2/c1-23-11-4-2-10(3-5-11)15-13(8-19)16(22)21-17(20-15)24-9-12-6-7-14(18)25-12/h2-7H,9H2,1H3,(H,20,21,22). The third-order valence-electron chi connectivity index (χ3n) is 3.35. The first-order valence-corrected chi connectivity index (χ1v) is 9.34. The largest absolute Gasteiger partial charge is 0.497 e. The minimum atomic E-state index is -0.449. The van der Waals surface area contributed by atoms with E-state index in [1.165, 1.54) is 23.1 Å². The normalized spacial score (nSPS) is 10.4. The molecule has 5 nitrogen and oxygen atoms in total. The van der Waals surface area contributed by atoms with Gasteiger partial charge in [0.25, 0.3) is 5.56 Å². The second kappa shape index (κ2) is 7.74. The first kappa shape index (κ1) is 17.5. The summed E-state index contributed by atoms with van der Waals surface area (Å²) in [5.41, 5.74) is 0.591. The van der Waals surface area contributed by atoms with Crippen LogP contribution in [0.5, 0.6) is 5.75 Å². The number of ether oxygens (including phenoxy) is 1. The van der Waals surface area contributed by atoms with Crippen LogP contribution in [-0.4, -0.2) is 17.1 Å². The molecule has 0 bridgehead atoms. The number of thioether (sulfide) groups is 1. The summed E-state index contributed by atoms with van der Waals surface area (Å²) in [6.45, 7) is 0. The van der Waals surface area contributed by atoms with Crippen LogP contribution in [0.3, 0.4) is 0 Å². The molecule has 0 aliphatic heterocycles. The van der Waals surface area contributed by atoms with Crippen LogP contribution in [0.25, 0.3) is 11.3 Å². The Kier molecular flexibility index (Phi) is 5.43. The lowest BCUT2D eigenvalue weighted by Gasteiger charge is -2.07. The van der Waals surface area contributed by atoms with Crippen LogP contribution in [0.1, 0.15) is 10.4 Å². The lowest BCUT2D eigenvalue weighted by molar-refractivity contribution is 0.415. The zero-order valence-electron chi connectivity index (χ0n) is 13.1. The SMILES string of the molecule is COc1ccc(-c2nc(SCc3ccc(Cl)s3)[nH]c(=O)c2C#N)cc1. The smallest absolute Gasteiger partial charge is 0.270 e. The highest BCUT2D eigenvalue weighted by atomic mass is 35.5. The van der Waals surface area contributed by atoms with Crippen molar-refractivity contribution in [3.05, 3.63) is 61.5 Å². The first-order valence-electron chi connectivity index (χ1n) is 7.16. The summed E-state index contributed by atoms with van der Waals surface area (Å²) >= 11 is 8.80. The molecule has 126 valence electrons. The predicted molar refractivity (Wildman–Crippen MR) is 100 cm³/mol. The van der Waals surface area contributed by atoms with Crippen molar-refractivity contribution in [1.82, 2.24) is 9.97 Å². The van der Waals surface area contributed by atoms with Gasteiger partial charge in [0.15, 0.2) is 5.16 Å². The summed E-state index contributed by atoms with van der Waals surface area (Å²) in [4.78, 5) is 20.4. The second-order valence-corrected chi connectivity index (χ2v) is 7.69. The summed E-state index contributed by atoms with van der Waals surface area (Å²) in [7, 11) is 1.58. The van der Waals surface area contributed by atoms with E-state index in [2.05, 4.69) is 9.97 Å². The number of methoxy groups -OCH3 is 1. The van der Waals surface area contributed by atoms with E-state index in [0.717, 1.165) is 9.21 Å². The van der Waals surface area contributed by atoms with Gasteiger partial charge in [-0.3, -0.25) is 4.79 Å². The van der Waals surface area contributed by atoms with E-state index in [0.29, 0.717) is 27.9 Å². The van der Waals surface area contributed by atoms with Crippen LogP contribution in [-0.2, 0) is 5.75 Å². The highest BCUT2D eigenvalue weighted by Gasteiger charge is 2.14. The van der Waals surface area contributed by atoms with E-state index in [-0.39, 0.29) is 5.56 Å². The Morgan fingerprint density at radius 2 is 2.08 bits per heavy atom. The molecule has 0 aliphatic rings. The number of aromatic amines is 1. The van der Waals surface area contributed by atoms with Gasteiger partial charge in [0, 0.05) is 16.2 Å².